The second-order valence-corrected chi connectivity index (χ2v) is 5.72. The van der Waals surface area contributed by atoms with Gasteiger partial charge in [0.05, 0.1) is 18.9 Å². The zero-order valence-corrected chi connectivity index (χ0v) is 12.9. The number of anilines is 2. The van der Waals surface area contributed by atoms with Gasteiger partial charge in [0.25, 0.3) is 0 Å². The molecule has 0 radical (unpaired) electrons. The molecule has 1 saturated heterocycles. The van der Waals surface area contributed by atoms with Crippen LogP contribution in [-0.2, 0) is 9.53 Å². The smallest absolute Gasteiger partial charge is 0.247 e. The van der Waals surface area contributed by atoms with E-state index in [0.717, 1.165) is 48.4 Å². The summed E-state index contributed by atoms with van der Waals surface area (Å²) in [6, 6.07) is 7.64. The molecule has 1 aromatic carbocycles. The first kappa shape index (κ1) is 14.7. The average Bonchev–Trinajstić information content (AvgIpc) is 3.06. The number of rotatable bonds is 4. The van der Waals surface area contributed by atoms with E-state index in [4.69, 9.17) is 9.72 Å². The first-order valence-corrected chi connectivity index (χ1v) is 7.96. The molecule has 1 amide bonds. The predicted octanol–water partition coefficient (Wildman–Crippen LogP) is 2.77. The number of morpholine rings is 1. The highest BCUT2D eigenvalue weighted by Crippen LogP contribution is 2.28. The van der Waals surface area contributed by atoms with Crippen molar-refractivity contribution in [3.63, 3.8) is 0 Å². The zero-order chi connectivity index (χ0) is 15.4. The van der Waals surface area contributed by atoms with Crippen molar-refractivity contribution in [1.29, 1.82) is 0 Å². The van der Waals surface area contributed by atoms with Crippen LogP contribution in [-0.4, -0.2) is 37.2 Å². The molecule has 0 aliphatic carbocycles. The molecule has 1 aliphatic heterocycles. The van der Waals surface area contributed by atoms with Crippen molar-refractivity contribution in [3.05, 3.63) is 42.3 Å². The molecule has 5 nitrogen and oxygen atoms in total. The summed E-state index contributed by atoms with van der Waals surface area (Å²) < 4.78 is 5.36. The fourth-order valence-corrected chi connectivity index (χ4v) is 3.10. The van der Waals surface area contributed by atoms with Crippen LogP contribution >= 0.6 is 11.3 Å². The van der Waals surface area contributed by atoms with Crippen LogP contribution in [0.1, 0.15) is 0 Å². The number of hydrogen-bond acceptors (Lipinski definition) is 5. The summed E-state index contributed by atoms with van der Waals surface area (Å²) in [5.74, 6) is -0.212. The third-order valence-electron chi connectivity index (χ3n) is 3.41. The molecule has 1 fully saturated rings. The van der Waals surface area contributed by atoms with Gasteiger partial charge in [-0.1, -0.05) is 18.7 Å². The summed E-state index contributed by atoms with van der Waals surface area (Å²) >= 11 is 1.65. The van der Waals surface area contributed by atoms with Gasteiger partial charge in [0.1, 0.15) is 0 Å². The van der Waals surface area contributed by atoms with E-state index < -0.39 is 0 Å². The fourth-order valence-electron chi connectivity index (χ4n) is 2.21. The Kier molecular flexibility index (Phi) is 4.50. The second kappa shape index (κ2) is 6.72. The van der Waals surface area contributed by atoms with Crippen LogP contribution in [0.3, 0.4) is 0 Å². The molecule has 0 unspecified atom stereocenters. The Morgan fingerprint density at radius 2 is 2.05 bits per heavy atom. The van der Waals surface area contributed by atoms with Crippen LogP contribution < -0.4 is 10.2 Å². The van der Waals surface area contributed by atoms with Crippen LogP contribution in [0.15, 0.2) is 42.3 Å². The van der Waals surface area contributed by atoms with Gasteiger partial charge in [-0.15, -0.1) is 11.3 Å². The highest BCUT2D eigenvalue weighted by molar-refractivity contribution is 7.14. The summed E-state index contributed by atoms with van der Waals surface area (Å²) in [4.78, 5) is 18.2. The first-order valence-electron chi connectivity index (χ1n) is 7.08. The molecule has 6 heteroatoms. The Morgan fingerprint density at radius 1 is 1.32 bits per heavy atom. The minimum atomic E-state index is -0.212. The van der Waals surface area contributed by atoms with E-state index >= 15 is 0 Å². The van der Waals surface area contributed by atoms with E-state index in [-0.39, 0.29) is 5.91 Å². The lowest BCUT2D eigenvalue weighted by molar-refractivity contribution is -0.111. The number of aromatic nitrogens is 1. The molecule has 3 rings (SSSR count). The average molecular weight is 315 g/mol. The van der Waals surface area contributed by atoms with Crippen molar-refractivity contribution in [2.45, 2.75) is 0 Å². The first-order chi connectivity index (χ1) is 10.8. The van der Waals surface area contributed by atoms with E-state index in [1.54, 1.807) is 11.3 Å². The van der Waals surface area contributed by atoms with E-state index in [9.17, 15) is 4.79 Å². The molecule has 1 aromatic heterocycles. The number of ether oxygens (including phenoxy) is 1. The molecule has 0 spiro atoms. The highest BCUT2D eigenvalue weighted by Gasteiger charge is 2.15. The van der Waals surface area contributed by atoms with Crippen molar-refractivity contribution >= 4 is 28.1 Å². The fraction of sp³-hybridized carbons (Fsp3) is 0.250. The monoisotopic (exact) mass is 315 g/mol. The molecule has 1 aliphatic rings. The van der Waals surface area contributed by atoms with E-state index in [1.165, 1.54) is 6.08 Å². The van der Waals surface area contributed by atoms with Gasteiger partial charge >= 0.3 is 0 Å². The molecule has 114 valence electrons. The molecular weight excluding hydrogens is 298 g/mol. The number of carbonyl (C=O) groups is 1. The Morgan fingerprint density at radius 3 is 2.73 bits per heavy atom. The molecule has 2 heterocycles. The summed E-state index contributed by atoms with van der Waals surface area (Å²) in [6.45, 7) is 6.72. The van der Waals surface area contributed by atoms with Gasteiger partial charge in [0.15, 0.2) is 5.13 Å². The van der Waals surface area contributed by atoms with Crippen molar-refractivity contribution in [1.82, 2.24) is 4.98 Å². The van der Waals surface area contributed by atoms with E-state index in [2.05, 4.69) is 22.2 Å². The molecule has 0 bridgehead atoms. The normalized spacial score (nSPS) is 14.6. The summed E-state index contributed by atoms with van der Waals surface area (Å²) in [6.07, 6.45) is 1.25. The van der Waals surface area contributed by atoms with Gasteiger partial charge in [0.2, 0.25) is 5.91 Å². The van der Waals surface area contributed by atoms with Crippen LogP contribution in [0, 0.1) is 0 Å². The van der Waals surface area contributed by atoms with Gasteiger partial charge in [0, 0.05) is 29.7 Å². The molecule has 0 atom stereocenters. The number of nitrogens with one attached hydrogen (secondary N) is 1. The minimum absolute atomic E-state index is 0.212. The lowest BCUT2D eigenvalue weighted by Crippen LogP contribution is -2.36. The Balaban J connectivity index is 1.72. The zero-order valence-electron chi connectivity index (χ0n) is 12.1. The van der Waals surface area contributed by atoms with Crippen LogP contribution in [0.2, 0.25) is 0 Å². The van der Waals surface area contributed by atoms with Crippen molar-refractivity contribution in [2.75, 3.05) is 36.5 Å². The third-order valence-corrected chi connectivity index (χ3v) is 4.31. The topological polar surface area (TPSA) is 54.5 Å². The maximum absolute atomic E-state index is 11.3. The second-order valence-electron chi connectivity index (χ2n) is 4.89. The van der Waals surface area contributed by atoms with Gasteiger partial charge in [-0.2, -0.15) is 0 Å². The number of amides is 1. The number of carbonyl (C=O) groups excluding carboxylic acids is 1. The quantitative estimate of drug-likeness (QED) is 0.882. The van der Waals surface area contributed by atoms with Crippen molar-refractivity contribution in [2.24, 2.45) is 0 Å². The van der Waals surface area contributed by atoms with Gasteiger partial charge in [-0.3, -0.25) is 4.79 Å². The van der Waals surface area contributed by atoms with Crippen LogP contribution in [0.4, 0.5) is 10.8 Å². The highest BCUT2D eigenvalue weighted by atomic mass is 32.1. The van der Waals surface area contributed by atoms with Crippen LogP contribution in [0.25, 0.3) is 11.3 Å². The van der Waals surface area contributed by atoms with Gasteiger partial charge in [-0.25, -0.2) is 4.98 Å². The minimum Gasteiger partial charge on any atom is -0.378 e. The Bertz CT molecular complexity index is 660. The lowest BCUT2D eigenvalue weighted by atomic mass is 10.1. The SMILES string of the molecule is C=CC(=O)Nc1ccc(-c2csc(N3CCOCC3)n2)cc1. The number of nitrogens with zero attached hydrogens (tertiary/aromatic N) is 2. The van der Waals surface area contributed by atoms with E-state index in [0.29, 0.717) is 0 Å². The van der Waals surface area contributed by atoms with Gasteiger partial charge in [-0.05, 0) is 18.2 Å². The molecular formula is C16H17N3O2S. The van der Waals surface area contributed by atoms with Crippen LogP contribution in [0.5, 0.6) is 0 Å². The van der Waals surface area contributed by atoms with E-state index in [1.807, 2.05) is 24.3 Å². The summed E-state index contributed by atoms with van der Waals surface area (Å²) in [5.41, 5.74) is 2.73. The maximum Gasteiger partial charge on any atom is 0.247 e. The summed E-state index contributed by atoms with van der Waals surface area (Å²) in [5, 5.41) is 5.82. The lowest BCUT2D eigenvalue weighted by Gasteiger charge is -2.26. The predicted molar refractivity (Wildman–Crippen MR) is 89.4 cm³/mol. The summed E-state index contributed by atoms with van der Waals surface area (Å²) in [7, 11) is 0. The molecule has 22 heavy (non-hydrogen) atoms. The third kappa shape index (κ3) is 3.35. The van der Waals surface area contributed by atoms with Crippen molar-refractivity contribution < 1.29 is 9.53 Å². The largest absolute Gasteiger partial charge is 0.378 e. The molecule has 2 aromatic rings. The standard InChI is InChI=1S/C16H17N3O2S/c1-2-15(20)17-13-5-3-12(4-6-13)14-11-22-16(18-14)19-7-9-21-10-8-19/h2-6,11H,1,7-10H2,(H,17,20). The molecule has 1 N–H and O–H groups in total. The molecule has 0 saturated carbocycles. The Labute approximate surface area is 133 Å². The Hall–Kier alpha value is -2.18. The number of benzene rings is 1. The maximum atomic E-state index is 11.3. The van der Waals surface area contributed by atoms with Gasteiger partial charge < -0.3 is 15.0 Å². The number of thiazole rings is 1. The van der Waals surface area contributed by atoms with Crippen molar-refractivity contribution in [3.8, 4) is 11.3 Å². The number of hydrogen-bond donors (Lipinski definition) is 1.